The predicted octanol–water partition coefficient (Wildman–Crippen LogP) is 5.25. The highest BCUT2D eigenvalue weighted by molar-refractivity contribution is 7.46. The Labute approximate surface area is 223 Å². The van der Waals surface area contributed by atoms with Crippen LogP contribution >= 0.6 is 19.4 Å². The minimum Gasteiger partial charge on any atom is -0.488 e. The highest BCUT2D eigenvalue weighted by Crippen LogP contribution is 2.36. The molecule has 0 saturated carbocycles. The lowest BCUT2D eigenvalue weighted by Gasteiger charge is -2.11. The molecule has 3 aromatic carbocycles. The van der Waals surface area contributed by atoms with Gasteiger partial charge in [0.15, 0.2) is 5.76 Å². The summed E-state index contributed by atoms with van der Waals surface area (Å²) in [5.41, 5.74) is 9.45. The van der Waals surface area contributed by atoms with Gasteiger partial charge in [-0.1, -0.05) is 65.3 Å². The Morgan fingerprint density at radius 2 is 1.71 bits per heavy atom. The van der Waals surface area contributed by atoms with Crippen LogP contribution in [0.3, 0.4) is 0 Å². The highest BCUT2D eigenvalue weighted by atomic mass is 35.5. The van der Waals surface area contributed by atoms with Crippen LogP contribution in [0.25, 0.3) is 22.1 Å². The van der Waals surface area contributed by atoms with E-state index >= 15 is 0 Å². The molecule has 0 amide bonds. The molecule has 0 aliphatic heterocycles. The smallest absolute Gasteiger partial charge is 0.472 e. The summed E-state index contributed by atoms with van der Waals surface area (Å²) < 4.78 is 28.5. The molecular formula is C27H24ClN3O6P+. The SMILES string of the molecule is Nc1c(-c2cc(Cc3ccc(COc4ccc(Cl)c5ccccc45)cc3)no2)ccc[n+]1COP(=O)(O)O. The summed E-state index contributed by atoms with van der Waals surface area (Å²) in [6, 6.07) is 24.8. The fourth-order valence-electron chi connectivity index (χ4n) is 4.03. The standard InChI is InChI=1S/C27H23ClN3O6P/c28-24-11-12-25(22-5-2-1-4-21(22)24)35-16-19-9-7-18(8-10-19)14-20-15-26(37-30-20)23-6-3-13-31(27(23)29)17-36-38(32,33)34/h1-13,15,29H,14,16-17H2,(H2,32,33,34)/p+1. The van der Waals surface area contributed by atoms with Gasteiger partial charge in [0.05, 0.1) is 11.9 Å². The zero-order valence-electron chi connectivity index (χ0n) is 20.0. The largest absolute Gasteiger partial charge is 0.488 e. The number of phosphoric acid groups is 1. The molecule has 5 rings (SSSR count). The molecule has 0 aliphatic carbocycles. The number of ether oxygens (including phenoxy) is 1. The quantitative estimate of drug-likeness (QED) is 0.167. The Morgan fingerprint density at radius 1 is 0.974 bits per heavy atom. The first-order chi connectivity index (χ1) is 18.3. The molecule has 5 aromatic rings. The van der Waals surface area contributed by atoms with E-state index in [-0.39, 0.29) is 5.82 Å². The summed E-state index contributed by atoms with van der Waals surface area (Å²) >= 11 is 6.30. The number of rotatable bonds is 9. The van der Waals surface area contributed by atoms with Crippen LogP contribution in [0.4, 0.5) is 5.82 Å². The molecule has 0 fully saturated rings. The van der Waals surface area contributed by atoms with Gasteiger partial charge in [-0.25, -0.2) is 13.7 Å². The van der Waals surface area contributed by atoms with Gasteiger partial charge in [0.25, 0.3) is 5.82 Å². The van der Waals surface area contributed by atoms with E-state index in [2.05, 4.69) is 9.68 Å². The highest BCUT2D eigenvalue weighted by Gasteiger charge is 2.20. The third-order valence-corrected chi connectivity index (χ3v) is 6.72. The van der Waals surface area contributed by atoms with E-state index in [0.29, 0.717) is 35.1 Å². The van der Waals surface area contributed by atoms with Crippen LogP contribution in [-0.2, 0) is 28.8 Å². The van der Waals surface area contributed by atoms with Crippen molar-refractivity contribution in [2.75, 3.05) is 5.73 Å². The molecule has 4 N–H and O–H groups in total. The first kappa shape index (κ1) is 25.9. The van der Waals surface area contributed by atoms with Gasteiger partial charge in [-0.05, 0) is 35.4 Å². The number of benzene rings is 3. The van der Waals surface area contributed by atoms with Crippen LogP contribution in [0.1, 0.15) is 16.8 Å². The van der Waals surface area contributed by atoms with Gasteiger partial charge < -0.3 is 19.0 Å². The summed E-state index contributed by atoms with van der Waals surface area (Å²) in [5, 5.41) is 6.76. The van der Waals surface area contributed by atoms with E-state index in [1.165, 1.54) is 4.57 Å². The van der Waals surface area contributed by atoms with Crippen molar-refractivity contribution < 1.29 is 32.7 Å². The molecule has 0 unspecified atom stereocenters. The Bertz CT molecular complexity index is 1630. The van der Waals surface area contributed by atoms with E-state index in [4.69, 9.17) is 36.4 Å². The fourth-order valence-corrected chi connectivity index (χ4v) is 4.53. The summed E-state index contributed by atoms with van der Waals surface area (Å²) in [5.74, 6) is 1.43. The van der Waals surface area contributed by atoms with E-state index < -0.39 is 14.6 Å². The van der Waals surface area contributed by atoms with Crippen molar-refractivity contribution in [3.63, 3.8) is 0 Å². The average molecular weight is 553 g/mol. The number of phosphoric ester groups is 1. The van der Waals surface area contributed by atoms with E-state index in [9.17, 15) is 4.57 Å². The molecule has 0 atom stereocenters. The minimum atomic E-state index is -4.63. The topological polar surface area (TPSA) is 132 Å². The van der Waals surface area contributed by atoms with Gasteiger partial charge in [-0.15, -0.1) is 0 Å². The number of halogens is 1. The number of aromatic nitrogens is 2. The van der Waals surface area contributed by atoms with Gasteiger partial charge in [0.1, 0.15) is 17.9 Å². The third-order valence-electron chi connectivity index (χ3n) is 5.94. The maximum atomic E-state index is 11.0. The second-order valence-electron chi connectivity index (χ2n) is 8.58. The molecule has 0 aliphatic rings. The van der Waals surface area contributed by atoms with Gasteiger partial charge >= 0.3 is 7.82 Å². The van der Waals surface area contributed by atoms with Crippen molar-refractivity contribution >= 4 is 36.0 Å². The molecule has 2 aromatic heterocycles. The van der Waals surface area contributed by atoms with Crippen LogP contribution in [0.5, 0.6) is 5.75 Å². The number of anilines is 1. The summed E-state index contributed by atoms with van der Waals surface area (Å²) in [6.45, 7) is 0.00822. The molecular weight excluding hydrogens is 529 g/mol. The first-order valence-electron chi connectivity index (χ1n) is 11.6. The van der Waals surface area contributed by atoms with Gasteiger partial charge in [-0.3, -0.25) is 5.73 Å². The van der Waals surface area contributed by atoms with Crippen molar-refractivity contribution in [2.45, 2.75) is 19.8 Å². The van der Waals surface area contributed by atoms with Crippen LogP contribution in [0.15, 0.2) is 89.6 Å². The number of fused-ring (bicyclic) bond motifs is 1. The maximum absolute atomic E-state index is 11.0. The van der Waals surface area contributed by atoms with E-state index in [0.717, 1.165) is 27.6 Å². The van der Waals surface area contributed by atoms with Crippen LogP contribution in [0, 0.1) is 0 Å². The van der Waals surface area contributed by atoms with Crippen molar-refractivity contribution in [3.05, 3.63) is 107 Å². The summed E-state index contributed by atoms with van der Waals surface area (Å²) in [7, 11) is -4.63. The monoisotopic (exact) mass is 552 g/mol. The summed E-state index contributed by atoms with van der Waals surface area (Å²) in [6.07, 6.45) is 2.09. The second-order valence-corrected chi connectivity index (χ2v) is 10.2. The van der Waals surface area contributed by atoms with Crippen LogP contribution < -0.4 is 15.0 Å². The fraction of sp³-hybridized carbons (Fsp3) is 0.111. The number of nitrogen functional groups attached to an aromatic ring is 1. The normalized spacial score (nSPS) is 11.7. The van der Waals surface area contributed by atoms with Crippen molar-refractivity contribution in [2.24, 2.45) is 0 Å². The number of nitrogens with two attached hydrogens (primary N) is 1. The summed E-state index contributed by atoms with van der Waals surface area (Å²) in [4.78, 5) is 17.9. The molecule has 2 heterocycles. The van der Waals surface area contributed by atoms with Gasteiger partial charge in [-0.2, -0.15) is 0 Å². The molecule has 0 spiro atoms. The lowest BCUT2D eigenvalue weighted by molar-refractivity contribution is -0.711. The zero-order chi connectivity index (χ0) is 26.7. The Balaban J connectivity index is 1.24. The average Bonchev–Trinajstić information content (AvgIpc) is 3.36. The van der Waals surface area contributed by atoms with E-state index in [1.54, 1.807) is 24.4 Å². The Kier molecular flexibility index (Phi) is 7.46. The van der Waals surface area contributed by atoms with Crippen molar-refractivity contribution in [3.8, 4) is 17.1 Å². The number of hydrogen-bond donors (Lipinski definition) is 3. The first-order valence-corrected chi connectivity index (χ1v) is 13.5. The van der Waals surface area contributed by atoms with Crippen LogP contribution in [0.2, 0.25) is 5.02 Å². The minimum absolute atomic E-state index is 0.224. The van der Waals surface area contributed by atoms with Gasteiger partial charge in [0.2, 0.25) is 6.73 Å². The lowest BCUT2D eigenvalue weighted by atomic mass is 10.1. The van der Waals surface area contributed by atoms with Gasteiger partial charge in [0, 0.05) is 28.3 Å². The molecule has 194 valence electrons. The lowest BCUT2D eigenvalue weighted by Crippen LogP contribution is -2.38. The Morgan fingerprint density at radius 3 is 2.47 bits per heavy atom. The maximum Gasteiger partial charge on any atom is 0.472 e. The molecule has 0 radical (unpaired) electrons. The number of nitrogens with zero attached hydrogens (tertiary/aromatic N) is 2. The predicted molar refractivity (Wildman–Crippen MR) is 142 cm³/mol. The molecule has 11 heteroatoms. The molecule has 9 nitrogen and oxygen atoms in total. The van der Waals surface area contributed by atoms with Crippen LogP contribution in [-0.4, -0.2) is 14.9 Å². The number of pyridine rings is 1. The van der Waals surface area contributed by atoms with Crippen molar-refractivity contribution in [1.82, 2.24) is 5.16 Å². The van der Waals surface area contributed by atoms with Crippen molar-refractivity contribution in [1.29, 1.82) is 0 Å². The molecule has 38 heavy (non-hydrogen) atoms. The number of hydrogen-bond acceptors (Lipinski definition) is 6. The van der Waals surface area contributed by atoms with E-state index in [1.807, 2.05) is 60.7 Å². The second kappa shape index (κ2) is 10.9. The Hall–Kier alpha value is -3.72. The third kappa shape index (κ3) is 6.05. The zero-order valence-corrected chi connectivity index (χ0v) is 21.7. The molecule has 0 bridgehead atoms. The molecule has 0 saturated heterocycles.